The summed E-state index contributed by atoms with van der Waals surface area (Å²) in [5.74, 6) is -1.64. The molecule has 31 nitrogen and oxygen atoms in total. The summed E-state index contributed by atoms with van der Waals surface area (Å²) in [5.41, 5.74) is -2.29. The molecule has 0 aromatic heterocycles. The third-order valence-corrected chi connectivity index (χ3v) is 22.3. The van der Waals surface area contributed by atoms with Gasteiger partial charge in [0, 0.05) is 39.2 Å². The topological polar surface area (TPSA) is 480 Å². The fourth-order valence-electron chi connectivity index (χ4n) is 17.3. The Bertz CT molecular complexity index is 2630. The van der Waals surface area contributed by atoms with E-state index >= 15 is 0 Å². The highest BCUT2D eigenvalue weighted by atomic mass is 16.8. The number of hydrogen-bond donors (Lipinski definition) is 17. The van der Waals surface area contributed by atoms with Crippen molar-refractivity contribution >= 4 is 17.6 Å². The number of rotatable bonds is 22. The molecule has 0 bridgehead atoms. The van der Waals surface area contributed by atoms with Crippen molar-refractivity contribution < 1.29 is 143 Å². The Kier molecular flexibility index (Phi) is 23.7. The summed E-state index contributed by atoms with van der Waals surface area (Å²) in [6.07, 6.45) is -36.3. The predicted octanol–water partition coefficient (Wildman–Crippen LogP) is -4.75. The lowest BCUT2D eigenvalue weighted by Crippen LogP contribution is -2.69. The van der Waals surface area contributed by atoms with Crippen LogP contribution in [0, 0.1) is 34.0 Å². The molecular weight excluding hydrogens is 1250 g/mol. The molecule has 17 N–H and O–H groups in total. The summed E-state index contributed by atoms with van der Waals surface area (Å²) < 4.78 is 68.0. The van der Waals surface area contributed by atoms with Crippen molar-refractivity contribution in [3.8, 4) is 0 Å². The van der Waals surface area contributed by atoms with E-state index in [1.165, 1.54) is 0 Å². The number of aliphatic hydroxyl groups is 15. The first kappa shape index (κ1) is 75.5. The predicted molar refractivity (Wildman–Crippen MR) is 318 cm³/mol. The zero-order valence-electron chi connectivity index (χ0n) is 55.1. The van der Waals surface area contributed by atoms with Gasteiger partial charge in [0.05, 0.1) is 56.4 Å². The van der Waals surface area contributed by atoms with Crippen molar-refractivity contribution in [1.29, 1.82) is 0 Å². The third-order valence-electron chi connectivity index (χ3n) is 22.3. The molecule has 5 aliphatic heterocycles. The Labute approximate surface area is 545 Å². The first-order valence-electron chi connectivity index (χ1n) is 32.9. The second kappa shape index (κ2) is 29.5. The second-order valence-electron chi connectivity index (χ2n) is 29.4. The molecule has 8 fully saturated rings. The van der Waals surface area contributed by atoms with E-state index in [1.807, 2.05) is 13.8 Å². The molecule has 94 heavy (non-hydrogen) atoms. The van der Waals surface area contributed by atoms with Crippen LogP contribution in [0.15, 0.2) is 11.1 Å². The van der Waals surface area contributed by atoms with Crippen molar-refractivity contribution in [2.75, 3.05) is 40.1 Å². The van der Waals surface area contributed by atoms with E-state index < -0.39 is 220 Å². The van der Waals surface area contributed by atoms with Crippen molar-refractivity contribution in [3.63, 3.8) is 0 Å². The Balaban J connectivity index is 1.00. The number of Topliss-reactive ketones (excluding diaryl/α,β-unsaturated/α-hetero) is 1. The fraction of sp³-hybridized carbons (Fsp3) is 0.921. The van der Waals surface area contributed by atoms with Crippen molar-refractivity contribution in [2.45, 2.75) is 291 Å². The van der Waals surface area contributed by atoms with E-state index in [0.717, 1.165) is 25.0 Å². The minimum atomic E-state index is -2.01. The number of ether oxygens (including phenoxy) is 11. The Hall–Kier alpha value is -2.69. The molecule has 4 aliphatic carbocycles. The zero-order valence-corrected chi connectivity index (χ0v) is 55.1. The first-order chi connectivity index (χ1) is 44.0. The summed E-state index contributed by atoms with van der Waals surface area (Å²) >= 11 is 0. The summed E-state index contributed by atoms with van der Waals surface area (Å²) in [7, 11) is 1.67. The van der Waals surface area contributed by atoms with Gasteiger partial charge in [0.2, 0.25) is 11.8 Å². The van der Waals surface area contributed by atoms with Crippen molar-refractivity contribution in [1.82, 2.24) is 10.6 Å². The Morgan fingerprint density at radius 3 is 1.72 bits per heavy atom. The average Bonchev–Trinajstić information content (AvgIpc) is 1.20. The Morgan fingerprint density at radius 1 is 0.628 bits per heavy atom. The fourth-order valence-corrected chi connectivity index (χ4v) is 17.3. The number of ketones is 1. The van der Waals surface area contributed by atoms with E-state index in [2.05, 4.69) is 31.4 Å². The van der Waals surface area contributed by atoms with Crippen LogP contribution in [0.1, 0.15) is 120 Å². The number of amides is 2. The maximum absolute atomic E-state index is 13.6. The van der Waals surface area contributed by atoms with Crippen LogP contribution >= 0.6 is 0 Å². The first-order valence-corrected chi connectivity index (χ1v) is 32.9. The lowest BCUT2D eigenvalue weighted by Gasteiger charge is -2.65. The van der Waals surface area contributed by atoms with Gasteiger partial charge in [-0.3, -0.25) is 14.4 Å². The largest absolute Gasteiger partial charge is 0.394 e. The van der Waals surface area contributed by atoms with Gasteiger partial charge in [-0.15, -0.1) is 0 Å². The van der Waals surface area contributed by atoms with E-state index in [-0.39, 0.29) is 41.5 Å². The molecule has 32 unspecified atom stereocenters. The summed E-state index contributed by atoms with van der Waals surface area (Å²) in [4.78, 5) is 38.7. The zero-order chi connectivity index (χ0) is 69.2. The lowest BCUT2D eigenvalue weighted by atomic mass is 9.42. The van der Waals surface area contributed by atoms with Gasteiger partial charge < -0.3 is 139 Å². The second-order valence-corrected chi connectivity index (χ2v) is 29.4. The van der Waals surface area contributed by atoms with Gasteiger partial charge in [-0.05, 0) is 98.5 Å². The SMILES string of the molecule is COC1CC(C(C)CC(=O)CC(C)(C)O)C2(C)CCC3(O)C(=C12)CCC1C(C)(C)C(OC2OCC(OC4OC(CO)C(O)C(O)C4NC(C)=O)C(O)C2OC2OC(COC4OC(CO)C(O)C(O)C4OC4OC(CO)C(O)C(O)C4O)C(O)C(O)C2NC(C)=O)CCC13C. The van der Waals surface area contributed by atoms with Gasteiger partial charge in [-0.25, -0.2) is 0 Å². The Morgan fingerprint density at radius 2 is 1.15 bits per heavy atom. The number of hydrogen-bond acceptors (Lipinski definition) is 29. The molecule has 9 aliphatic rings. The molecule has 32 atom stereocenters. The van der Waals surface area contributed by atoms with Gasteiger partial charge in [-0.1, -0.05) is 34.6 Å². The molecule has 540 valence electrons. The highest BCUT2D eigenvalue weighted by molar-refractivity contribution is 5.79. The molecule has 2 amide bonds. The maximum atomic E-state index is 13.6. The number of aliphatic hydroxyl groups excluding tert-OH is 13. The molecular formula is C63H104N2O29. The van der Waals surface area contributed by atoms with Crippen LogP contribution in [0.25, 0.3) is 0 Å². The third kappa shape index (κ3) is 14.5. The molecule has 9 rings (SSSR count). The number of nitrogens with one attached hydrogen (secondary N) is 2. The van der Waals surface area contributed by atoms with Gasteiger partial charge in [0.1, 0.15) is 122 Å². The quantitative estimate of drug-likeness (QED) is 0.0357. The van der Waals surface area contributed by atoms with E-state index in [1.54, 1.807) is 21.0 Å². The molecule has 0 radical (unpaired) electrons. The maximum Gasteiger partial charge on any atom is 0.217 e. The highest BCUT2D eigenvalue weighted by Gasteiger charge is 2.68. The summed E-state index contributed by atoms with van der Waals surface area (Å²) in [6.45, 7) is 12.1. The van der Waals surface area contributed by atoms with Crippen LogP contribution in [0.2, 0.25) is 0 Å². The molecule has 0 spiro atoms. The number of carbonyl (C=O) groups excluding carboxylic acids is 3. The number of carbonyl (C=O) groups is 3. The minimum absolute atomic E-state index is 0.0209. The van der Waals surface area contributed by atoms with Crippen LogP contribution < -0.4 is 10.6 Å². The number of methoxy groups -OCH3 is 1. The normalized spacial score (nSPS) is 47.6. The van der Waals surface area contributed by atoms with E-state index in [9.17, 15) is 91.0 Å². The van der Waals surface area contributed by atoms with Gasteiger partial charge >= 0.3 is 0 Å². The van der Waals surface area contributed by atoms with Crippen molar-refractivity contribution in [2.24, 2.45) is 34.0 Å². The van der Waals surface area contributed by atoms with Gasteiger partial charge in [0.15, 0.2) is 31.5 Å². The van der Waals surface area contributed by atoms with E-state index in [4.69, 9.17) is 52.1 Å². The smallest absolute Gasteiger partial charge is 0.217 e. The lowest BCUT2D eigenvalue weighted by molar-refractivity contribution is -0.380. The summed E-state index contributed by atoms with van der Waals surface area (Å²) in [6, 6.07) is -3.15. The van der Waals surface area contributed by atoms with Crippen LogP contribution in [-0.4, -0.2) is 305 Å². The summed E-state index contributed by atoms with van der Waals surface area (Å²) in [5, 5.41) is 172. The van der Waals surface area contributed by atoms with Crippen LogP contribution in [0.5, 0.6) is 0 Å². The van der Waals surface area contributed by atoms with Gasteiger partial charge in [0.25, 0.3) is 0 Å². The monoisotopic (exact) mass is 1350 g/mol. The average molecular weight is 1350 g/mol. The van der Waals surface area contributed by atoms with Crippen LogP contribution in [0.3, 0.4) is 0 Å². The van der Waals surface area contributed by atoms with Crippen LogP contribution in [0.4, 0.5) is 0 Å². The molecule has 5 heterocycles. The molecule has 3 saturated carbocycles. The standard InChI is InChI=1S/C63H104N2O29/c1-25(17-28(71)19-59(4,5)82)30-18-31(84-10)39-29-11-12-37-60(6,7)38(13-14-62(37,9)63(29,83)16-15-61(30,39)8)92-58-52(46(76)36(24-86-58)91-54-40(64-26(2)69)47(77)42(72)32(20-66)87-54)93-55-41(65-27(3)70)48(78)45(75)35(90-55)23-85-57-53(50(80)44(74)34(22-68)89-57)94-56-51(81)49(79)43(73)33(21-67)88-56/h25,30-38,40-58,66-68,72-83H,11-24H2,1-10H3,(H,64,69)(H,65,70). The van der Waals surface area contributed by atoms with Gasteiger partial charge in [-0.2, -0.15) is 0 Å². The molecule has 0 aromatic rings. The molecule has 0 aromatic carbocycles. The molecule has 5 saturated heterocycles. The van der Waals surface area contributed by atoms with E-state index in [0.29, 0.717) is 51.4 Å². The molecule has 31 heteroatoms. The number of fused-ring (bicyclic) bond motifs is 4. The minimum Gasteiger partial charge on any atom is -0.394 e. The highest BCUT2D eigenvalue weighted by Crippen LogP contribution is 2.70. The van der Waals surface area contributed by atoms with Crippen LogP contribution in [-0.2, 0) is 66.5 Å². The van der Waals surface area contributed by atoms with Crippen molar-refractivity contribution in [3.05, 3.63) is 11.1 Å².